The maximum Gasteiger partial charge on any atom is 0.306 e. The van der Waals surface area contributed by atoms with Crippen LogP contribution in [0.3, 0.4) is 0 Å². The van der Waals surface area contributed by atoms with E-state index in [1.165, 1.54) is 19.3 Å². The highest BCUT2D eigenvalue weighted by Gasteiger charge is 2.31. The average molecular weight is 519 g/mol. The highest BCUT2D eigenvalue weighted by molar-refractivity contribution is 5.69. The molecule has 1 aromatic rings. The van der Waals surface area contributed by atoms with Crippen molar-refractivity contribution in [3.8, 4) is 0 Å². The number of ether oxygens (including phenoxy) is 3. The topological polar surface area (TPSA) is 44.8 Å². The summed E-state index contributed by atoms with van der Waals surface area (Å²) in [5.41, 5.74) is 1.13. The van der Waals surface area contributed by atoms with E-state index in [0.717, 1.165) is 55.7 Å². The lowest BCUT2D eigenvalue weighted by Gasteiger charge is -2.39. The summed E-state index contributed by atoms with van der Waals surface area (Å²) in [5, 5.41) is 0. The van der Waals surface area contributed by atoms with Crippen LogP contribution in [-0.2, 0) is 25.6 Å². The third-order valence-corrected chi connectivity index (χ3v) is 5.39. The predicted octanol–water partition coefficient (Wildman–Crippen LogP) is 0.956. The van der Waals surface area contributed by atoms with E-state index in [0.29, 0.717) is 19.6 Å². The van der Waals surface area contributed by atoms with E-state index in [1.54, 1.807) is 0 Å². The van der Waals surface area contributed by atoms with Gasteiger partial charge in [0.15, 0.2) is 6.10 Å². The number of hydrogen-bond acceptors (Lipinski definition) is 4. The van der Waals surface area contributed by atoms with Crippen LogP contribution in [0.4, 0.5) is 0 Å². The third kappa shape index (κ3) is 11.3. The highest BCUT2D eigenvalue weighted by Crippen LogP contribution is 2.13. The fourth-order valence-corrected chi connectivity index (χ4v) is 3.58. The van der Waals surface area contributed by atoms with Crippen LogP contribution in [0.5, 0.6) is 0 Å². The molecule has 1 aliphatic heterocycles. The zero-order chi connectivity index (χ0) is 20.1. The Morgan fingerprint density at radius 3 is 2.48 bits per heavy atom. The second-order valence-electron chi connectivity index (χ2n) is 8.14. The van der Waals surface area contributed by atoms with Gasteiger partial charge in [-0.25, -0.2) is 0 Å². The molecule has 1 aliphatic rings. The number of unbranched alkanes of at least 4 members (excludes halogenated alkanes) is 4. The van der Waals surface area contributed by atoms with Crippen LogP contribution >= 0.6 is 0 Å². The summed E-state index contributed by atoms with van der Waals surface area (Å²) in [4.78, 5) is 12.4. The van der Waals surface area contributed by atoms with E-state index in [9.17, 15) is 4.79 Å². The Labute approximate surface area is 193 Å². The molecule has 0 aliphatic carbocycles. The monoisotopic (exact) mass is 519 g/mol. The number of likely N-dealkylation sites (N-methyl/N-ethyl adjacent to an activating group) is 1. The first-order chi connectivity index (χ1) is 13.6. The summed E-state index contributed by atoms with van der Waals surface area (Å²) < 4.78 is 18.1. The molecule has 6 heteroatoms. The molecule has 0 aromatic heterocycles. The number of halogens is 1. The summed E-state index contributed by atoms with van der Waals surface area (Å²) in [5.74, 6) is -0.0929. The second-order valence-corrected chi connectivity index (χ2v) is 8.14. The van der Waals surface area contributed by atoms with Gasteiger partial charge < -0.3 is 42.7 Å². The Bertz CT molecular complexity index is 549. The fraction of sp³-hybridized carbons (Fsp3) is 0.696. The minimum Gasteiger partial charge on any atom is -1.00 e. The lowest BCUT2D eigenvalue weighted by atomic mass is 10.1. The van der Waals surface area contributed by atoms with Crippen molar-refractivity contribution in [2.75, 3.05) is 46.5 Å². The summed E-state index contributed by atoms with van der Waals surface area (Å²) in [6, 6.07) is 10.1. The van der Waals surface area contributed by atoms with Gasteiger partial charge in [0.1, 0.15) is 19.6 Å². The van der Waals surface area contributed by atoms with Crippen molar-refractivity contribution in [1.29, 1.82) is 0 Å². The van der Waals surface area contributed by atoms with E-state index in [4.69, 9.17) is 14.2 Å². The van der Waals surface area contributed by atoms with Gasteiger partial charge in [0, 0.05) is 6.42 Å². The Morgan fingerprint density at radius 2 is 1.79 bits per heavy atom. The second kappa shape index (κ2) is 15.2. The molecular formula is C23H38INO4. The predicted molar refractivity (Wildman–Crippen MR) is 111 cm³/mol. The van der Waals surface area contributed by atoms with Crippen molar-refractivity contribution in [3.05, 3.63) is 35.9 Å². The lowest BCUT2D eigenvalue weighted by molar-refractivity contribution is -0.919. The molecule has 1 heterocycles. The quantitative estimate of drug-likeness (QED) is 0.169. The molecule has 1 atom stereocenters. The molecule has 166 valence electrons. The number of carbonyl (C=O) groups is 1. The van der Waals surface area contributed by atoms with Gasteiger partial charge in [0.2, 0.25) is 0 Å². The molecule has 0 amide bonds. The Hall–Kier alpha value is -0.700. The maximum absolute atomic E-state index is 12.4. The molecule has 29 heavy (non-hydrogen) atoms. The van der Waals surface area contributed by atoms with Crippen molar-refractivity contribution in [1.82, 2.24) is 0 Å². The van der Waals surface area contributed by atoms with Crippen LogP contribution in [0.15, 0.2) is 30.3 Å². The first-order valence-corrected chi connectivity index (χ1v) is 10.8. The van der Waals surface area contributed by atoms with Crippen LogP contribution in [0.2, 0.25) is 0 Å². The number of rotatable bonds is 13. The van der Waals surface area contributed by atoms with Crippen LogP contribution in [0, 0.1) is 0 Å². The van der Waals surface area contributed by atoms with Crippen molar-refractivity contribution in [3.63, 3.8) is 0 Å². The molecule has 1 fully saturated rings. The molecule has 5 nitrogen and oxygen atoms in total. The SMILES string of the molecule is CCCCCCCC(=O)OC(COCc1ccccc1)C[N+]1(C)CCOCC1.[I-]. The number of quaternary nitrogens is 1. The minimum atomic E-state index is -0.213. The van der Waals surface area contributed by atoms with Crippen molar-refractivity contribution >= 4 is 5.97 Å². The maximum atomic E-state index is 12.4. The lowest BCUT2D eigenvalue weighted by Crippen LogP contribution is -3.00. The van der Waals surface area contributed by atoms with Gasteiger partial charge in [-0.05, 0) is 12.0 Å². The van der Waals surface area contributed by atoms with Gasteiger partial charge in [-0.15, -0.1) is 0 Å². The zero-order valence-corrected chi connectivity index (χ0v) is 20.3. The first kappa shape index (κ1) is 26.3. The summed E-state index contributed by atoms with van der Waals surface area (Å²) in [6.45, 7) is 7.37. The largest absolute Gasteiger partial charge is 1.00 e. The Kier molecular flexibility index (Phi) is 13.8. The normalized spacial score (nSPS) is 16.6. The summed E-state index contributed by atoms with van der Waals surface area (Å²) >= 11 is 0. The van der Waals surface area contributed by atoms with Crippen LogP contribution in [-0.4, -0.2) is 63.1 Å². The third-order valence-electron chi connectivity index (χ3n) is 5.39. The van der Waals surface area contributed by atoms with Crippen LogP contribution in [0.1, 0.15) is 51.0 Å². The van der Waals surface area contributed by atoms with Gasteiger partial charge in [-0.2, -0.15) is 0 Å². The molecule has 1 saturated heterocycles. The number of nitrogens with zero attached hydrogens (tertiary/aromatic N) is 1. The van der Waals surface area contributed by atoms with Gasteiger partial charge >= 0.3 is 5.97 Å². The van der Waals surface area contributed by atoms with Gasteiger partial charge in [0.25, 0.3) is 0 Å². The van der Waals surface area contributed by atoms with Gasteiger partial charge in [-0.1, -0.05) is 62.9 Å². The number of carbonyl (C=O) groups excluding carboxylic acids is 1. The van der Waals surface area contributed by atoms with Crippen molar-refractivity contribution < 1.29 is 47.5 Å². The molecule has 0 spiro atoms. The van der Waals surface area contributed by atoms with E-state index < -0.39 is 0 Å². The molecule has 1 unspecified atom stereocenters. The van der Waals surface area contributed by atoms with E-state index in [-0.39, 0.29) is 36.0 Å². The van der Waals surface area contributed by atoms with Gasteiger partial charge in [0.05, 0.1) is 33.5 Å². The smallest absolute Gasteiger partial charge is 0.306 e. The van der Waals surface area contributed by atoms with Gasteiger partial charge in [-0.3, -0.25) is 4.79 Å². The van der Waals surface area contributed by atoms with Crippen molar-refractivity contribution in [2.45, 2.75) is 58.2 Å². The first-order valence-electron chi connectivity index (χ1n) is 10.8. The fourth-order valence-electron chi connectivity index (χ4n) is 3.58. The molecule has 0 radical (unpaired) electrons. The molecule has 0 saturated carbocycles. The Morgan fingerprint density at radius 1 is 1.10 bits per heavy atom. The summed E-state index contributed by atoms with van der Waals surface area (Å²) in [6.07, 6.45) is 5.96. The summed E-state index contributed by atoms with van der Waals surface area (Å²) in [7, 11) is 2.21. The molecule has 0 bridgehead atoms. The number of esters is 1. The zero-order valence-electron chi connectivity index (χ0n) is 18.1. The minimum absolute atomic E-state index is 0. The number of morpholine rings is 1. The highest BCUT2D eigenvalue weighted by atomic mass is 127. The van der Waals surface area contributed by atoms with Crippen LogP contribution < -0.4 is 24.0 Å². The standard InChI is InChI=1S/C23H38NO4.HI/c1-3-4-5-6-10-13-23(25)28-22(18-24(2)14-16-26-17-15-24)20-27-19-21-11-8-7-9-12-21;/h7-9,11-12,22H,3-6,10,13-20H2,1-2H3;1H/q+1;/p-1. The Balaban J connectivity index is 0.00000420. The number of benzene rings is 1. The van der Waals surface area contributed by atoms with E-state index in [1.807, 2.05) is 30.3 Å². The van der Waals surface area contributed by atoms with Crippen molar-refractivity contribution in [2.24, 2.45) is 0 Å². The van der Waals surface area contributed by atoms with E-state index in [2.05, 4.69) is 14.0 Å². The molecular weight excluding hydrogens is 481 g/mol. The molecule has 0 N–H and O–H groups in total. The van der Waals surface area contributed by atoms with E-state index >= 15 is 0 Å². The molecule has 2 rings (SSSR count). The molecule has 1 aromatic carbocycles. The average Bonchev–Trinajstić information content (AvgIpc) is 2.69. The van der Waals surface area contributed by atoms with Crippen LogP contribution in [0.25, 0.3) is 0 Å². The number of hydrogen-bond donors (Lipinski definition) is 0.